The van der Waals surface area contributed by atoms with Crippen molar-refractivity contribution in [3.8, 4) is 0 Å². The van der Waals surface area contributed by atoms with Crippen molar-refractivity contribution in [3.05, 3.63) is 35.4 Å². The monoisotopic (exact) mass is 348 g/mol. The Balaban J connectivity index is 2.67. The van der Waals surface area contributed by atoms with Gasteiger partial charge in [0, 0.05) is 0 Å². The second-order valence-electron chi connectivity index (χ2n) is 4.18. The van der Waals surface area contributed by atoms with Gasteiger partial charge in [-0.3, -0.25) is 0 Å². The minimum Gasteiger partial charge on any atom is -0.478 e. The summed E-state index contributed by atoms with van der Waals surface area (Å²) >= 11 is 2.19. The van der Waals surface area contributed by atoms with Crippen LogP contribution in [0.25, 0.3) is 0 Å². The van der Waals surface area contributed by atoms with Crippen molar-refractivity contribution in [1.82, 2.24) is 0 Å². The highest BCUT2D eigenvalue weighted by Crippen LogP contribution is 2.17. The molecule has 1 N–H and O–H groups in total. The number of carboxylic acid groups (broad SMARTS) is 1. The van der Waals surface area contributed by atoms with Crippen LogP contribution in [-0.4, -0.2) is 27.1 Å². The van der Waals surface area contributed by atoms with Gasteiger partial charge in [-0.15, -0.1) is 0 Å². The van der Waals surface area contributed by atoms with Crippen molar-refractivity contribution in [3.63, 3.8) is 0 Å². The molecule has 0 unspecified atom stereocenters. The lowest BCUT2D eigenvalue weighted by molar-refractivity contribution is 0.0484. The standard InChI is InChI=1S/C12H13IO4/c1-12(2,13)7-17-11(16)9-5-3-8(4-6-9)10(14)15/h3-6H,7H2,1-2H3,(H,14,15). The highest BCUT2D eigenvalue weighted by Gasteiger charge is 2.16. The molecule has 1 aromatic rings. The second-order valence-corrected chi connectivity index (χ2v) is 7.10. The van der Waals surface area contributed by atoms with Gasteiger partial charge in [0.2, 0.25) is 0 Å². The zero-order valence-electron chi connectivity index (χ0n) is 9.57. The Bertz CT molecular complexity index is 417. The fourth-order valence-electron chi connectivity index (χ4n) is 1.07. The predicted molar refractivity (Wildman–Crippen MR) is 71.8 cm³/mol. The van der Waals surface area contributed by atoms with Gasteiger partial charge in [-0.1, -0.05) is 22.6 Å². The number of benzene rings is 1. The Hall–Kier alpha value is -1.11. The highest BCUT2D eigenvalue weighted by molar-refractivity contribution is 14.1. The average Bonchev–Trinajstić information content (AvgIpc) is 2.25. The van der Waals surface area contributed by atoms with Gasteiger partial charge in [-0.25, -0.2) is 9.59 Å². The number of carboxylic acids is 1. The summed E-state index contributed by atoms with van der Waals surface area (Å²) in [6.07, 6.45) is 0. The SMILES string of the molecule is CC(C)(I)COC(=O)c1ccc(C(=O)O)cc1. The van der Waals surface area contributed by atoms with Crippen LogP contribution in [0.3, 0.4) is 0 Å². The van der Waals surface area contributed by atoms with Gasteiger partial charge < -0.3 is 9.84 Å². The third-order valence-corrected chi connectivity index (χ3v) is 2.23. The minimum atomic E-state index is -1.02. The Morgan fingerprint density at radius 2 is 1.71 bits per heavy atom. The topological polar surface area (TPSA) is 63.6 Å². The molecule has 1 rings (SSSR count). The predicted octanol–water partition coefficient (Wildman–Crippen LogP) is 2.76. The number of aromatic carboxylic acids is 1. The van der Waals surface area contributed by atoms with Crippen molar-refractivity contribution < 1.29 is 19.4 Å². The van der Waals surface area contributed by atoms with Gasteiger partial charge in [0.05, 0.1) is 14.5 Å². The molecule has 0 bridgehead atoms. The zero-order chi connectivity index (χ0) is 13.1. The lowest BCUT2D eigenvalue weighted by atomic mass is 10.1. The maximum absolute atomic E-state index is 11.6. The first kappa shape index (κ1) is 14.0. The van der Waals surface area contributed by atoms with Crippen molar-refractivity contribution >= 4 is 34.5 Å². The summed E-state index contributed by atoms with van der Waals surface area (Å²) in [6.45, 7) is 4.22. The van der Waals surface area contributed by atoms with E-state index in [9.17, 15) is 9.59 Å². The molecule has 0 amide bonds. The molecule has 92 valence electrons. The van der Waals surface area contributed by atoms with E-state index in [4.69, 9.17) is 9.84 Å². The molecule has 0 heterocycles. The summed E-state index contributed by atoms with van der Waals surface area (Å²) in [5.74, 6) is -1.45. The molecule has 0 aliphatic heterocycles. The lowest BCUT2D eigenvalue weighted by Gasteiger charge is -2.15. The molecule has 0 atom stereocenters. The Labute approximate surface area is 113 Å². The normalized spacial score (nSPS) is 11.0. The fourth-order valence-corrected chi connectivity index (χ4v) is 1.23. The van der Waals surface area contributed by atoms with Crippen molar-refractivity contribution in [1.29, 1.82) is 0 Å². The highest BCUT2D eigenvalue weighted by atomic mass is 127. The van der Waals surface area contributed by atoms with E-state index < -0.39 is 11.9 Å². The van der Waals surface area contributed by atoms with Crippen LogP contribution < -0.4 is 0 Å². The third-order valence-electron chi connectivity index (χ3n) is 1.91. The molecule has 0 spiro atoms. The maximum Gasteiger partial charge on any atom is 0.338 e. The quantitative estimate of drug-likeness (QED) is 0.516. The minimum absolute atomic E-state index is 0.117. The van der Waals surface area contributed by atoms with Crippen LogP contribution in [0.1, 0.15) is 34.6 Å². The molecular formula is C12H13IO4. The van der Waals surface area contributed by atoms with Gasteiger partial charge in [-0.05, 0) is 38.1 Å². The van der Waals surface area contributed by atoms with Gasteiger partial charge in [0.15, 0.2) is 0 Å². The largest absolute Gasteiger partial charge is 0.478 e. The van der Waals surface area contributed by atoms with Crippen LogP contribution in [0.2, 0.25) is 0 Å². The molecule has 5 heteroatoms. The summed E-state index contributed by atoms with van der Waals surface area (Å²) in [6, 6.07) is 5.67. The number of hydrogen-bond acceptors (Lipinski definition) is 3. The van der Waals surface area contributed by atoms with Crippen molar-refractivity contribution in [2.75, 3.05) is 6.61 Å². The summed E-state index contributed by atoms with van der Waals surface area (Å²) < 4.78 is 4.98. The Kier molecular flexibility index (Phi) is 4.50. The smallest absolute Gasteiger partial charge is 0.338 e. The van der Waals surface area contributed by atoms with Gasteiger partial charge in [-0.2, -0.15) is 0 Å². The van der Waals surface area contributed by atoms with Crippen LogP contribution in [0.5, 0.6) is 0 Å². The van der Waals surface area contributed by atoms with E-state index >= 15 is 0 Å². The van der Waals surface area contributed by atoms with E-state index in [0.717, 1.165) is 0 Å². The number of ether oxygens (including phenoxy) is 1. The van der Waals surface area contributed by atoms with E-state index in [0.29, 0.717) is 12.2 Å². The number of hydrogen-bond donors (Lipinski definition) is 1. The molecule has 17 heavy (non-hydrogen) atoms. The van der Waals surface area contributed by atoms with Crippen LogP contribution in [0.4, 0.5) is 0 Å². The third kappa shape index (κ3) is 4.72. The molecule has 0 fully saturated rings. The Morgan fingerprint density at radius 3 is 2.12 bits per heavy atom. The molecule has 0 aliphatic rings. The van der Waals surface area contributed by atoms with Crippen LogP contribution in [0, 0.1) is 0 Å². The van der Waals surface area contributed by atoms with E-state index in [1.54, 1.807) is 0 Å². The van der Waals surface area contributed by atoms with Gasteiger partial charge in [0.1, 0.15) is 6.61 Å². The number of carbonyl (C=O) groups excluding carboxylic acids is 1. The zero-order valence-corrected chi connectivity index (χ0v) is 11.7. The molecule has 0 saturated heterocycles. The first-order chi connectivity index (χ1) is 7.79. The fraction of sp³-hybridized carbons (Fsp3) is 0.333. The van der Waals surface area contributed by atoms with Crippen LogP contribution in [-0.2, 0) is 4.74 Å². The van der Waals surface area contributed by atoms with Gasteiger partial charge >= 0.3 is 11.9 Å². The van der Waals surface area contributed by atoms with Gasteiger partial charge in [0.25, 0.3) is 0 Å². The molecule has 1 aromatic carbocycles. The molecule has 4 nitrogen and oxygen atoms in total. The Morgan fingerprint density at radius 1 is 1.24 bits per heavy atom. The number of carbonyl (C=O) groups is 2. The number of halogens is 1. The van der Waals surface area contributed by atoms with E-state index in [-0.39, 0.29) is 8.99 Å². The lowest BCUT2D eigenvalue weighted by Crippen LogP contribution is -2.21. The van der Waals surface area contributed by atoms with Crippen LogP contribution >= 0.6 is 22.6 Å². The second kappa shape index (κ2) is 5.48. The van der Waals surface area contributed by atoms with E-state index in [2.05, 4.69) is 22.6 Å². The van der Waals surface area contributed by atoms with Crippen molar-refractivity contribution in [2.45, 2.75) is 17.3 Å². The first-order valence-electron chi connectivity index (χ1n) is 4.99. The summed E-state index contributed by atoms with van der Waals surface area (Å²) in [7, 11) is 0. The average molecular weight is 348 g/mol. The van der Waals surface area contributed by atoms with Crippen molar-refractivity contribution in [2.24, 2.45) is 0 Å². The maximum atomic E-state index is 11.6. The molecule has 0 saturated carbocycles. The molecule has 0 aliphatic carbocycles. The summed E-state index contributed by atoms with van der Waals surface area (Å²) in [5, 5.41) is 8.71. The molecule has 0 radical (unpaired) electrons. The van der Waals surface area contributed by atoms with Crippen LogP contribution in [0.15, 0.2) is 24.3 Å². The van der Waals surface area contributed by atoms with E-state index in [1.165, 1.54) is 24.3 Å². The summed E-state index contributed by atoms with van der Waals surface area (Å²) in [4.78, 5) is 22.2. The number of rotatable bonds is 4. The number of alkyl halides is 1. The molecule has 0 aromatic heterocycles. The van der Waals surface area contributed by atoms with E-state index in [1.807, 2.05) is 13.8 Å². The first-order valence-corrected chi connectivity index (χ1v) is 6.07. The number of esters is 1. The summed E-state index contributed by atoms with van der Waals surface area (Å²) in [5.41, 5.74) is 0.506. The molecular weight excluding hydrogens is 335 g/mol.